The van der Waals surface area contributed by atoms with Crippen molar-refractivity contribution in [1.29, 1.82) is 5.26 Å². The minimum Gasteiger partial charge on any atom is -0.495 e. The number of aromatic nitrogens is 1. The fourth-order valence-electron chi connectivity index (χ4n) is 3.92. The van der Waals surface area contributed by atoms with Gasteiger partial charge in [0.05, 0.1) is 30.5 Å². The number of aryl methyl sites for hydroxylation is 2. The summed E-state index contributed by atoms with van der Waals surface area (Å²) < 4.78 is 13.0. The molecule has 4 rings (SSSR count). The van der Waals surface area contributed by atoms with E-state index < -0.39 is 5.91 Å². The number of benzene rings is 2. The number of para-hydroxylation sites is 2. The molecule has 0 radical (unpaired) electrons. The molecule has 1 amide bonds. The van der Waals surface area contributed by atoms with Crippen LogP contribution in [0.4, 0.5) is 0 Å². The first-order chi connectivity index (χ1) is 16.4. The van der Waals surface area contributed by atoms with Crippen LogP contribution in [0.15, 0.2) is 47.3 Å². The second kappa shape index (κ2) is 10.1. The number of methoxy groups -OCH3 is 1. The minimum atomic E-state index is -0.409. The highest BCUT2D eigenvalue weighted by molar-refractivity contribution is 7.07. The molecular formula is C26H25N3O4S. The van der Waals surface area contributed by atoms with Gasteiger partial charge in [0.25, 0.3) is 11.5 Å². The van der Waals surface area contributed by atoms with Gasteiger partial charge in [0.15, 0.2) is 5.57 Å². The monoisotopic (exact) mass is 475 g/mol. The number of morpholine rings is 1. The minimum absolute atomic E-state index is 0.0739. The highest BCUT2D eigenvalue weighted by Gasteiger charge is 2.24. The van der Waals surface area contributed by atoms with Crippen molar-refractivity contribution in [3.63, 3.8) is 0 Å². The molecule has 3 aromatic rings. The van der Waals surface area contributed by atoms with Crippen LogP contribution in [-0.2, 0) is 9.53 Å². The number of carbonyl (C=O) groups is 1. The van der Waals surface area contributed by atoms with E-state index in [9.17, 15) is 14.9 Å². The molecule has 34 heavy (non-hydrogen) atoms. The Balaban J connectivity index is 2.04. The van der Waals surface area contributed by atoms with E-state index in [1.54, 1.807) is 29.2 Å². The molecule has 1 aromatic heterocycles. The second-order valence-corrected chi connectivity index (χ2v) is 9.01. The third-order valence-electron chi connectivity index (χ3n) is 5.70. The van der Waals surface area contributed by atoms with Crippen molar-refractivity contribution in [1.82, 2.24) is 9.47 Å². The number of rotatable bonds is 4. The molecule has 1 aliphatic rings. The molecule has 0 saturated carbocycles. The fourth-order valence-corrected chi connectivity index (χ4v) is 5.00. The summed E-state index contributed by atoms with van der Waals surface area (Å²) in [4.78, 5) is 28.6. The lowest BCUT2D eigenvalue weighted by Crippen LogP contribution is -2.42. The molecule has 1 saturated heterocycles. The first kappa shape index (κ1) is 23.5. The maximum Gasteiger partial charge on any atom is 0.273 e. The molecule has 1 aliphatic heterocycles. The smallest absolute Gasteiger partial charge is 0.273 e. The van der Waals surface area contributed by atoms with E-state index in [-0.39, 0.29) is 15.8 Å². The number of hydrogen-bond acceptors (Lipinski definition) is 6. The molecule has 2 heterocycles. The average molecular weight is 476 g/mol. The van der Waals surface area contributed by atoms with E-state index >= 15 is 0 Å². The molecule has 2 aromatic carbocycles. The standard InChI is InChI=1S/C26H25N3O4S/c1-17-8-9-19(18(2)14-17)15-23-25(31)29(21-6-4-5-7-22(21)32-3)26(34-23)20(16-27)24(30)28-10-12-33-13-11-28/h4-9,14-15H,10-13H2,1-3H3/b23-15+,26-20-. The number of hydrogen-bond donors (Lipinski definition) is 0. The van der Waals surface area contributed by atoms with E-state index in [2.05, 4.69) is 6.07 Å². The van der Waals surface area contributed by atoms with Gasteiger partial charge < -0.3 is 14.4 Å². The van der Waals surface area contributed by atoms with Crippen LogP contribution in [0, 0.1) is 25.2 Å². The lowest BCUT2D eigenvalue weighted by Gasteiger charge is -2.26. The topological polar surface area (TPSA) is 84.6 Å². The van der Waals surface area contributed by atoms with Gasteiger partial charge in [-0.1, -0.05) is 35.9 Å². The van der Waals surface area contributed by atoms with Gasteiger partial charge in [0, 0.05) is 13.1 Å². The quantitative estimate of drug-likeness (QED) is 0.575. The highest BCUT2D eigenvalue weighted by atomic mass is 32.1. The van der Waals surface area contributed by atoms with Crippen LogP contribution >= 0.6 is 11.3 Å². The Hall–Kier alpha value is -3.67. The maximum absolute atomic E-state index is 13.7. The van der Waals surface area contributed by atoms with Crippen molar-refractivity contribution in [2.24, 2.45) is 0 Å². The molecule has 0 bridgehead atoms. The van der Waals surface area contributed by atoms with Crippen molar-refractivity contribution < 1.29 is 14.3 Å². The van der Waals surface area contributed by atoms with Crippen LogP contribution in [0.1, 0.15) is 16.7 Å². The van der Waals surface area contributed by atoms with Gasteiger partial charge in [-0.3, -0.25) is 14.2 Å². The van der Waals surface area contributed by atoms with Crippen molar-refractivity contribution in [3.05, 3.63) is 78.7 Å². The van der Waals surface area contributed by atoms with Crippen LogP contribution in [0.25, 0.3) is 17.3 Å². The van der Waals surface area contributed by atoms with Gasteiger partial charge in [-0.2, -0.15) is 5.26 Å². The number of amides is 1. The summed E-state index contributed by atoms with van der Waals surface area (Å²) in [5.41, 5.74) is 3.16. The van der Waals surface area contributed by atoms with Crippen LogP contribution in [0.2, 0.25) is 0 Å². The summed E-state index contributed by atoms with van der Waals surface area (Å²) in [5, 5.41) is 10.0. The summed E-state index contributed by atoms with van der Waals surface area (Å²) in [6, 6.07) is 15.1. The van der Waals surface area contributed by atoms with E-state index in [1.807, 2.05) is 38.1 Å². The first-order valence-electron chi connectivity index (χ1n) is 10.9. The van der Waals surface area contributed by atoms with E-state index in [4.69, 9.17) is 9.47 Å². The number of thiazole rings is 1. The molecule has 0 N–H and O–H groups in total. The molecule has 1 fully saturated rings. The molecule has 0 unspecified atom stereocenters. The highest BCUT2D eigenvalue weighted by Crippen LogP contribution is 2.20. The summed E-state index contributed by atoms with van der Waals surface area (Å²) in [5.74, 6) is 0.0617. The van der Waals surface area contributed by atoms with Crippen molar-refractivity contribution in [2.75, 3.05) is 33.4 Å². The van der Waals surface area contributed by atoms with Crippen LogP contribution < -0.4 is 19.5 Å². The largest absolute Gasteiger partial charge is 0.495 e. The van der Waals surface area contributed by atoms with Crippen molar-refractivity contribution >= 4 is 28.9 Å². The van der Waals surface area contributed by atoms with Gasteiger partial charge in [0.2, 0.25) is 0 Å². The molecule has 0 atom stereocenters. The average Bonchev–Trinajstić information content (AvgIpc) is 3.17. The number of ether oxygens (including phenoxy) is 2. The predicted octanol–water partition coefficient (Wildman–Crippen LogP) is 1.89. The summed E-state index contributed by atoms with van der Waals surface area (Å²) in [7, 11) is 1.52. The SMILES string of the molecule is COc1ccccc1-n1c(=O)/c(=C\c2ccc(C)cc2C)s/c1=C(/C#N)C(=O)N1CCOCC1. The number of nitrogens with zero attached hydrogens (tertiary/aromatic N) is 3. The zero-order valence-electron chi connectivity index (χ0n) is 19.3. The Morgan fingerprint density at radius 2 is 1.91 bits per heavy atom. The maximum atomic E-state index is 13.7. The van der Waals surface area contributed by atoms with Gasteiger partial charge >= 0.3 is 0 Å². The lowest BCUT2D eigenvalue weighted by molar-refractivity contribution is -0.128. The van der Waals surface area contributed by atoms with Crippen LogP contribution in [-0.4, -0.2) is 48.8 Å². The van der Waals surface area contributed by atoms with E-state index in [0.717, 1.165) is 28.0 Å². The van der Waals surface area contributed by atoms with E-state index in [0.29, 0.717) is 42.3 Å². The van der Waals surface area contributed by atoms with Gasteiger partial charge in [-0.15, -0.1) is 11.3 Å². The number of nitriles is 1. The third-order valence-corrected chi connectivity index (χ3v) is 6.79. The summed E-state index contributed by atoms with van der Waals surface area (Å²) >= 11 is 1.13. The van der Waals surface area contributed by atoms with Crippen LogP contribution in [0.3, 0.4) is 0 Å². The summed E-state index contributed by atoms with van der Waals surface area (Å²) in [6.45, 7) is 5.63. The Morgan fingerprint density at radius 1 is 1.18 bits per heavy atom. The predicted molar refractivity (Wildman–Crippen MR) is 132 cm³/mol. The Bertz CT molecular complexity index is 1460. The van der Waals surface area contributed by atoms with Gasteiger partial charge in [-0.25, -0.2) is 0 Å². The van der Waals surface area contributed by atoms with Gasteiger partial charge in [-0.05, 0) is 43.2 Å². The van der Waals surface area contributed by atoms with Crippen molar-refractivity contribution in [3.8, 4) is 17.5 Å². The Labute approximate surface area is 201 Å². The zero-order valence-corrected chi connectivity index (χ0v) is 20.1. The summed E-state index contributed by atoms with van der Waals surface area (Å²) in [6.07, 6.45) is 1.81. The second-order valence-electron chi connectivity index (χ2n) is 7.98. The Kier molecular flexibility index (Phi) is 6.96. The lowest BCUT2D eigenvalue weighted by atomic mass is 10.1. The number of carbonyl (C=O) groups excluding carboxylic acids is 1. The van der Waals surface area contributed by atoms with Crippen LogP contribution in [0.5, 0.6) is 5.75 Å². The molecule has 8 heteroatoms. The molecule has 174 valence electrons. The normalized spacial score (nSPS) is 15.1. The fraction of sp³-hybridized carbons (Fsp3) is 0.269. The zero-order chi connectivity index (χ0) is 24.2. The first-order valence-corrected chi connectivity index (χ1v) is 11.7. The molecular weight excluding hydrogens is 450 g/mol. The Morgan fingerprint density at radius 3 is 2.59 bits per heavy atom. The molecule has 7 nitrogen and oxygen atoms in total. The van der Waals surface area contributed by atoms with E-state index in [1.165, 1.54) is 11.7 Å². The molecule has 0 spiro atoms. The molecule has 0 aliphatic carbocycles. The van der Waals surface area contributed by atoms with Crippen molar-refractivity contribution in [2.45, 2.75) is 13.8 Å². The van der Waals surface area contributed by atoms with Gasteiger partial charge in [0.1, 0.15) is 16.5 Å². The third kappa shape index (κ3) is 4.53.